The van der Waals surface area contributed by atoms with Gasteiger partial charge in [0.05, 0.1) is 33.3 Å². The molecule has 0 aliphatic heterocycles. The predicted molar refractivity (Wildman–Crippen MR) is 143 cm³/mol. The zero-order valence-electron chi connectivity index (χ0n) is 19.9. The van der Waals surface area contributed by atoms with Gasteiger partial charge in [-0.25, -0.2) is 4.68 Å². The van der Waals surface area contributed by atoms with Crippen LogP contribution in [0.1, 0.15) is 12.5 Å². The summed E-state index contributed by atoms with van der Waals surface area (Å²) in [6, 6.07) is 32.1. The minimum absolute atomic E-state index is 0.0516. The maximum Gasteiger partial charge on any atom is 0.280 e. The molecule has 0 saturated carbocycles. The third kappa shape index (κ3) is 5.08. The summed E-state index contributed by atoms with van der Waals surface area (Å²) in [4.78, 5) is 28.8. The number of para-hydroxylation sites is 1. The summed E-state index contributed by atoms with van der Waals surface area (Å²) in [7, 11) is 0. The summed E-state index contributed by atoms with van der Waals surface area (Å²) in [6.07, 6.45) is 0. The Bertz CT molecular complexity index is 1620. The number of benzene rings is 4. The average molecular weight is 491 g/mol. The van der Waals surface area contributed by atoms with Crippen LogP contribution < -0.4 is 10.3 Å². The first-order valence-electron chi connectivity index (χ1n) is 11.5. The van der Waals surface area contributed by atoms with Crippen molar-refractivity contribution in [2.45, 2.75) is 6.92 Å². The van der Waals surface area contributed by atoms with E-state index in [0.717, 1.165) is 11.3 Å². The van der Waals surface area contributed by atoms with E-state index in [2.05, 4.69) is 5.10 Å². The number of non-ortho nitro benzene ring substituents is 1. The van der Waals surface area contributed by atoms with E-state index in [9.17, 15) is 14.9 Å². The zero-order chi connectivity index (χ0) is 25.8. The van der Waals surface area contributed by atoms with Crippen LogP contribution in [0.25, 0.3) is 16.9 Å². The Labute approximate surface area is 212 Å². The number of aromatic amines is 1. The van der Waals surface area contributed by atoms with Crippen LogP contribution in [0.15, 0.2) is 119 Å². The lowest BCUT2D eigenvalue weighted by atomic mass is 10.1. The molecule has 1 aromatic heterocycles. The van der Waals surface area contributed by atoms with Crippen molar-refractivity contribution in [2.75, 3.05) is 0 Å². The average Bonchev–Trinajstić information content (AvgIpc) is 3.28. The van der Waals surface area contributed by atoms with Gasteiger partial charge in [0, 0.05) is 17.7 Å². The zero-order valence-corrected chi connectivity index (χ0v) is 19.9. The lowest BCUT2D eigenvalue weighted by molar-refractivity contribution is -0.384. The van der Waals surface area contributed by atoms with Crippen molar-refractivity contribution in [3.8, 4) is 28.4 Å². The van der Waals surface area contributed by atoms with E-state index in [-0.39, 0.29) is 11.2 Å². The number of nitro benzene ring substituents is 1. The largest absolute Gasteiger partial charge is 0.457 e. The monoisotopic (exact) mass is 490 g/mol. The minimum atomic E-state index is -0.477. The van der Waals surface area contributed by atoms with Crippen LogP contribution in [0.4, 0.5) is 11.4 Å². The topological polar surface area (TPSA) is 103 Å². The van der Waals surface area contributed by atoms with Gasteiger partial charge in [0.25, 0.3) is 11.2 Å². The van der Waals surface area contributed by atoms with Gasteiger partial charge in [0.1, 0.15) is 11.5 Å². The molecule has 8 heteroatoms. The highest BCUT2D eigenvalue weighted by Gasteiger charge is 2.20. The molecule has 0 spiro atoms. The highest BCUT2D eigenvalue weighted by Crippen LogP contribution is 2.26. The number of hydrogen-bond donors (Lipinski definition) is 1. The Hall–Kier alpha value is -5.24. The minimum Gasteiger partial charge on any atom is -0.457 e. The lowest BCUT2D eigenvalue weighted by Gasteiger charge is -2.06. The summed E-state index contributed by atoms with van der Waals surface area (Å²) in [5.41, 5.74) is 3.15. The number of ether oxygens (including phenoxy) is 1. The maximum absolute atomic E-state index is 13.6. The quantitative estimate of drug-likeness (QED) is 0.156. The number of nitrogens with zero attached hydrogens (tertiary/aromatic N) is 3. The van der Waals surface area contributed by atoms with E-state index < -0.39 is 4.92 Å². The van der Waals surface area contributed by atoms with E-state index in [1.165, 1.54) is 28.9 Å². The van der Waals surface area contributed by atoms with E-state index >= 15 is 0 Å². The molecule has 0 amide bonds. The molecule has 0 aliphatic carbocycles. The second-order valence-electron chi connectivity index (χ2n) is 8.25. The van der Waals surface area contributed by atoms with Gasteiger partial charge < -0.3 is 4.74 Å². The van der Waals surface area contributed by atoms with E-state index in [0.29, 0.717) is 34.1 Å². The van der Waals surface area contributed by atoms with Crippen LogP contribution >= 0.6 is 0 Å². The molecule has 0 bridgehead atoms. The van der Waals surface area contributed by atoms with Crippen LogP contribution in [0.3, 0.4) is 0 Å². The molecule has 37 heavy (non-hydrogen) atoms. The number of aliphatic imine (C=N–C) groups is 1. The first-order chi connectivity index (χ1) is 18.0. The van der Waals surface area contributed by atoms with Crippen LogP contribution in [0.5, 0.6) is 11.5 Å². The molecule has 1 N–H and O–H groups in total. The molecule has 1 heterocycles. The standard InChI is InChI=1S/C29H22N4O4/c1-20(30-22-12-18-26(19-13-22)37-25-10-6-3-7-11-25)27-28(21-8-4-2-5-9-21)31-32(29(27)34)23-14-16-24(17-15-23)33(35)36/h2-19,31H,1H3. The molecule has 0 unspecified atom stereocenters. The summed E-state index contributed by atoms with van der Waals surface area (Å²) >= 11 is 0. The van der Waals surface area contributed by atoms with Gasteiger partial charge >= 0.3 is 0 Å². The first-order valence-corrected chi connectivity index (χ1v) is 11.5. The Morgan fingerprint density at radius 1 is 0.838 bits per heavy atom. The van der Waals surface area contributed by atoms with Crippen molar-refractivity contribution < 1.29 is 9.66 Å². The highest BCUT2D eigenvalue weighted by molar-refractivity contribution is 6.04. The molecular weight excluding hydrogens is 468 g/mol. The molecule has 8 nitrogen and oxygen atoms in total. The first kappa shape index (κ1) is 23.5. The van der Waals surface area contributed by atoms with E-state index in [1.54, 1.807) is 6.92 Å². The van der Waals surface area contributed by atoms with Crippen molar-refractivity contribution in [3.05, 3.63) is 135 Å². The predicted octanol–water partition coefficient (Wildman–Crippen LogP) is 6.67. The number of aromatic nitrogens is 2. The van der Waals surface area contributed by atoms with Gasteiger partial charge in [0.2, 0.25) is 0 Å². The van der Waals surface area contributed by atoms with Crippen molar-refractivity contribution in [1.29, 1.82) is 0 Å². The van der Waals surface area contributed by atoms with Gasteiger partial charge in [-0.15, -0.1) is 0 Å². The number of hydrogen-bond acceptors (Lipinski definition) is 5. The molecule has 0 aliphatic rings. The third-order valence-electron chi connectivity index (χ3n) is 5.75. The normalized spacial score (nSPS) is 11.3. The molecule has 5 aromatic rings. The van der Waals surface area contributed by atoms with Gasteiger partial charge in [-0.3, -0.25) is 25.0 Å². The Morgan fingerprint density at radius 3 is 2.05 bits per heavy atom. The Balaban J connectivity index is 1.52. The fourth-order valence-electron chi connectivity index (χ4n) is 3.95. The van der Waals surface area contributed by atoms with Crippen molar-refractivity contribution in [1.82, 2.24) is 9.78 Å². The molecule has 0 fully saturated rings. The Kier molecular flexibility index (Phi) is 6.46. The van der Waals surface area contributed by atoms with Crippen molar-refractivity contribution in [3.63, 3.8) is 0 Å². The summed E-state index contributed by atoms with van der Waals surface area (Å²) in [6.45, 7) is 1.78. The van der Waals surface area contributed by atoms with Crippen LogP contribution in [-0.2, 0) is 0 Å². The fraction of sp³-hybridized carbons (Fsp3) is 0.0345. The summed E-state index contributed by atoms with van der Waals surface area (Å²) in [5, 5.41) is 14.2. The molecule has 182 valence electrons. The van der Waals surface area contributed by atoms with E-state index in [1.807, 2.05) is 84.9 Å². The third-order valence-corrected chi connectivity index (χ3v) is 5.75. The van der Waals surface area contributed by atoms with Crippen molar-refractivity contribution in [2.24, 2.45) is 4.99 Å². The highest BCUT2D eigenvalue weighted by atomic mass is 16.6. The smallest absolute Gasteiger partial charge is 0.280 e. The van der Waals surface area contributed by atoms with Gasteiger partial charge in [-0.2, -0.15) is 0 Å². The molecule has 0 saturated heterocycles. The SMILES string of the molecule is CC(=Nc1ccc(Oc2ccccc2)cc1)c1c(-c2ccccc2)[nH]n(-c2ccc([N+](=O)[O-])cc2)c1=O. The maximum atomic E-state index is 13.6. The van der Waals surface area contributed by atoms with Crippen LogP contribution in [0.2, 0.25) is 0 Å². The summed E-state index contributed by atoms with van der Waals surface area (Å²) in [5.74, 6) is 1.41. The van der Waals surface area contributed by atoms with Crippen LogP contribution in [-0.4, -0.2) is 20.4 Å². The number of nitro groups is 1. The van der Waals surface area contributed by atoms with Gasteiger partial charge in [0.15, 0.2) is 0 Å². The number of rotatable bonds is 7. The lowest BCUT2D eigenvalue weighted by Crippen LogP contribution is -2.19. The van der Waals surface area contributed by atoms with Gasteiger partial charge in [-0.1, -0.05) is 48.5 Å². The molecule has 0 atom stereocenters. The second kappa shape index (κ2) is 10.2. The van der Waals surface area contributed by atoms with Crippen molar-refractivity contribution >= 4 is 17.1 Å². The number of nitrogens with one attached hydrogen (secondary N) is 1. The Morgan fingerprint density at radius 2 is 1.43 bits per heavy atom. The summed E-state index contributed by atoms with van der Waals surface area (Å²) < 4.78 is 7.22. The second-order valence-corrected chi connectivity index (χ2v) is 8.25. The fourth-order valence-corrected chi connectivity index (χ4v) is 3.95. The molecule has 0 radical (unpaired) electrons. The number of H-pyrrole nitrogens is 1. The molecule has 4 aromatic carbocycles. The molecule has 5 rings (SSSR count). The van der Waals surface area contributed by atoms with Crippen LogP contribution in [0, 0.1) is 10.1 Å². The van der Waals surface area contributed by atoms with Gasteiger partial charge in [-0.05, 0) is 55.5 Å². The van der Waals surface area contributed by atoms with E-state index in [4.69, 9.17) is 9.73 Å². The molecular formula is C29H22N4O4.